The van der Waals surface area contributed by atoms with E-state index >= 15 is 0 Å². The molecule has 11 heteroatoms. The fraction of sp³-hybridized carbons (Fsp3) is 0.304. The fourth-order valence-corrected chi connectivity index (χ4v) is 3.81. The lowest BCUT2D eigenvalue weighted by molar-refractivity contribution is -0.124. The van der Waals surface area contributed by atoms with Gasteiger partial charge in [-0.25, -0.2) is 23.0 Å². The summed E-state index contributed by atoms with van der Waals surface area (Å²) in [6.45, 7) is 3.94. The second-order valence-electron chi connectivity index (χ2n) is 8.14. The number of aromatic nitrogens is 2. The lowest BCUT2D eigenvalue weighted by Crippen LogP contribution is -2.32. The van der Waals surface area contributed by atoms with Crippen LogP contribution in [0.4, 0.5) is 0 Å². The van der Waals surface area contributed by atoms with Gasteiger partial charge in [-0.3, -0.25) is 9.59 Å². The first-order chi connectivity index (χ1) is 16.1. The third-order valence-electron chi connectivity index (χ3n) is 4.92. The van der Waals surface area contributed by atoms with Crippen LogP contribution in [0.3, 0.4) is 0 Å². The van der Waals surface area contributed by atoms with Gasteiger partial charge in [0.1, 0.15) is 0 Å². The van der Waals surface area contributed by atoms with Crippen LogP contribution in [-0.2, 0) is 32.5 Å². The highest BCUT2D eigenvalue weighted by Crippen LogP contribution is 2.15. The summed E-state index contributed by atoms with van der Waals surface area (Å²) in [6.07, 6.45) is 0.441. The smallest absolute Gasteiger partial charge is 0.359 e. The normalized spacial score (nSPS) is 11.5. The number of primary sulfonamides is 1. The van der Waals surface area contributed by atoms with E-state index in [4.69, 9.17) is 9.88 Å². The van der Waals surface area contributed by atoms with Gasteiger partial charge in [-0.2, -0.15) is 5.10 Å². The molecule has 10 nitrogen and oxygen atoms in total. The highest BCUT2D eigenvalue weighted by molar-refractivity contribution is 7.89. The van der Waals surface area contributed by atoms with Crippen molar-refractivity contribution < 1.29 is 22.7 Å². The molecule has 1 aromatic heterocycles. The van der Waals surface area contributed by atoms with Gasteiger partial charge >= 0.3 is 5.97 Å². The minimum absolute atomic E-state index is 0.00746. The first kappa shape index (κ1) is 25.1. The molecule has 0 spiro atoms. The number of benzene rings is 2. The first-order valence-corrected chi connectivity index (χ1v) is 12.2. The van der Waals surface area contributed by atoms with Crippen LogP contribution < -0.4 is 16.0 Å². The van der Waals surface area contributed by atoms with Gasteiger partial charge in [0, 0.05) is 18.5 Å². The molecule has 0 aliphatic carbocycles. The van der Waals surface area contributed by atoms with Crippen molar-refractivity contribution in [1.82, 2.24) is 15.1 Å². The number of ether oxygens (including phenoxy) is 1. The maximum absolute atomic E-state index is 12.7. The lowest BCUT2D eigenvalue weighted by atomic mass is 10.1. The maximum Gasteiger partial charge on any atom is 0.359 e. The zero-order chi connectivity index (χ0) is 24.9. The van der Waals surface area contributed by atoms with Crippen LogP contribution in [0, 0.1) is 5.92 Å². The number of fused-ring (bicyclic) bond motifs is 1. The average molecular weight is 487 g/mol. The standard InChI is InChI=1S/C23H26N4O6S/c1-15(2)13-27-22(29)19-6-4-3-5-18(19)21(26-27)23(30)33-14-20(28)25-12-11-16-7-9-17(10-8-16)34(24,31)32/h3-10,15H,11-14H2,1-2H3,(H,25,28)(H2,24,31,32). The molecule has 0 aliphatic heterocycles. The number of rotatable bonds is 9. The molecular weight excluding hydrogens is 460 g/mol. The fourth-order valence-electron chi connectivity index (χ4n) is 3.30. The molecule has 180 valence electrons. The summed E-state index contributed by atoms with van der Waals surface area (Å²) in [6, 6.07) is 12.6. The summed E-state index contributed by atoms with van der Waals surface area (Å²) in [7, 11) is -3.76. The lowest BCUT2D eigenvalue weighted by Gasteiger charge is -2.12. The Hall–Kier alpha value is -3.57. The van der Waals surface area contributed by atoms with Gasteiger partial charge in [0.2, 0.25) is 10.0 Å². The zero-order valence-electron chi connectivity index (χ0n) is 18.9. The Kier molecular flexibility index (Phi) is 7.79. The van der Waals surface area contributed by atoms with Gasteiger partial charge in [-0.15, -0.1) is 0 Å². The van der Waals surface area contributed by atoms with E-state index in [0.717, 1.165) is 5.56 Å². The molecule has 0 fully saturated rings. The van der Waals surface area contributed by atoms with Crippen molar-refractivity contribution in [2.75, 3.05) is 13.2 Å². The predicted octanol–water partition coefficient (Wildman–Crippen LogP) is 1.22. The van der Waals surface area contributed by atoms with Gasteiger partial charge in [0.05, 0.1) is 10.3 Å². The number of nitrogens with zero attached hydrogens (tertiary/aromatic N) is 2. The van der Waals surface area contributed by atoms with E-state index in [2.05, 4.69) is 10.4 Å². The van der Waals surface area contributed by atoms with Gasteiger partial charge in [-0.1, -0.05) is 44.2 Å². The Balaban J connectivity index is 1.60. The van der Waals surface area contributed by atoms with Crippen molar-refractivity contribution in [2.45, 2.75) is 31.7 Å². The molecule has 1 amide bonds. The largest absolute Gasteiger partial charge is 0.451 e. The van der Waals surface area contributed by atoms with Gasteiger partial charge < -0.3 is 10.1 Å². The number of nitrogens with one attached hydrogen (secondary N) is 1. The summed E-state index contributed by atoms with van der Waals surface area (Å²) in [4.78, 5) is 37.5. The third-order valence-corrected chi connectivity index (χ3v) is 5.85. The number of sulfonamides is 1. The highest BCUT2D eigenvalue weighted by atomic mass is 32.2. The number of nitrogens with two attached hydrogens (primary N) is 1. The number of hydrogen-bond donors (Lipinski definition) is 2. The second-order valence-corrected chi connectivity index (χ2v) is 9.70. The Morgan fingerprint density at radius 2 is 1.74 bits per heavy atom. The van der Waals surface area contributed by atoms with Crippen LogP contribution in [0.25, 0.3) is 10.8 Å². The number of carbonyl (C=O) groups is 2. The zero-order valence-corrected chi connectivity index (χ0v) is 19.7. The van der Waals surface area contributed by atoms with E-state index < -0.39 is 28.5 Å². The molecular formula is C23H26N4O6S. The highest BCUT2D eigenvalue weighted by Gasteiger charge is 2.19. The first-order valence-electron chi connectivity index (χ1n) is 10.6. The minimum Gasteiger partial charge on any atom is -0.451 e. The Labute approximate surface area is 196 Å². The van der Waals surface area contributed by atoms with E-state index in [1.165, 1.54) is 16.8 Å². The number of hydrogen-bond acceptors (Lipinski definition) is 7. The van der Waals surface area contributed by atoms with Gasteiger partial charge in [0.25, 0.3) is 11.5 Å². The summed E-state index contributed by atoms with van der Waals surface area (Å²) >= 11 is 0. The van der Waals surface area contributed by atoms with Crippen LogP contribution >= 0.6 is 0 Å². The molecule has 34 heavy (non-hydrogen) atoms. The minimum atomic E-state index is -3.76. The van der Waals surface area contributed by atoms with Crippen molar-refractivity contribution in [1.29, 1.82) is 0 Å². The topological polar surface area (TPSA) is 150 Å². The molecule has 3 rings (SSSR count). The Morgan fingerprint density at radius 1 is 1.09 bits per heavy atom. The molecule has 0 aliphatic rings. The Bertz CT molecular complexity index is 1360. The summed E-state index contributed by atoms with van der Waals surface area (Å²) in [5.41, 5.74) is 0.474. The molecule has 2 aromatic carbocycles. The van der Waals surface area contributed by atoms with Crippen LogP contribution in [0.5, 0.6) is 0 Å². The second kappa shape index (κ2) is 10.6. The van der Waals surface area contributed by atoms with Crippen LogP contribution in [-0.4, -0.2) is 43.2 Å². The van der Waals surface area contributed by atoms with E-state index in [1.807, 2.05) is 13.8 Å². The summed E-state index contributed by atoms with van der Waals surface area (Å²) in [5.74, 6) is -1.17. The van der Waals surface area contributed by atoms with E-state index in [1.54, 1.807) is 36.4 Å². The molecule has 3 aromatic rings. The van der Waals surface area contributed by atoms with Crippen molar-refractivity contribution in [2.24, 2.45) is 11.1 Å². The van der Waals surface area contributed by atoms with Crippen LogP contribution in [0.15, 0.2) is 58.2 Å². The third kappa shape index (κ3) is 6.27. The molecule has 3 N–H and O–H groups in total. The molecule has 0 saturated carbocycles. The molecule has 0 radical (unpaired) electrons. The summed E-state index contributed by atoms with van der Waals surface area (Å²) < 4.78 is 29.0. The van der Waals surface area contributed by atoms with Gasteiger partial charge in [0.15, 0.2) is 12.3 Å². The van der Waals surface area contributed by atoms with E-state index in [9.17, 15) is 22.8 Å². The quantitative estimate of drug-likeness (QED) is 0.432. The Morgan fingerprint density at radius 3 is 2.35 bits per heavy atom. The van der Waals surface area contributed by atoms with Gasteiger partial charge in [-0.05, 0) is 36.1 Å². The monoisotopic (exact) mass is 486 g/mol. The van der Waals surface area contributed by atoms with Crippen molar-refractivity contribution in [3.8, 4) is 0 Å². The molecule has 0 atom stereocenters. The van der Waals surface area contributed by atoms with Crippen molar-refractivity contribution >= 4 is 32.7 Å². The van der Waals surface area contributed by atoms with Crippen molar-refractivity contribution in [3.05, 3.63) is 70.1 Å². The molecule has 1 heterocycles. The molecule has 0 bridgehead atoms. The number of esters is 1. The van der Waals surface area contributed by atoms with E-state index in [-0.39, 0.29) is 28.6 Å². The maximum atomic E-state index is 12.7. The summed E-state index contributed by atoms with van der Waals surface area (Å²) in [5, 5.41) is 12.6. The van der Waals surface area contributed by atoms with Crippen LogP contribution in [0.1, 0.15) is 29.9 Å². The predicted molar refractivity (Wildman–Crippen MR) is 126 cm³/mol. The SMILES string of the molecule is CC(C)Cn1nc(C(=O)OCC(=O)NCCc2ccc(S(N)(=O)=O)cc2)c2ccccc2c1=O. The molecule has 0 unspecified atom stereocenters. The van der Waals surface area contributed by atoms with Crippen LogP contribution in [0.2, 0.25) is 0 Å². The number of amides is 1. The van der Waals surface area contributed by atoms with Crippen molar-refractivity contribution in [3.63, 3.8) is 0 Å². The molecule has 0 saturated heterocycles. The average Bonchev–Trinajstić information content (AvgIpc) is 2.79. The number of carbonyl (C=O) groups excluding carboxylic acids is 2. The van der Waals surface area contributed by atoms with E-state index in [0.29, 0.717) is 23.7 Å².